The van der Waals surface area contributed by atoms with Gasteiger partial charge in [-0.1, -0.05) is 37.3 Å². The Morgan fingerprint density at radius 1 is 1.04 bits per heavy atom. The fourth-order valence-electron chi connectivity index (χ4n) is 3.88. The lowest BCUT2D eigenvalue weighted by molar-refractivity contribution is 0.0690. The third kappa shape index (κ3) is 5.35. The van der Waals surface area contributed by atoms with Crippen molar-refractivity contribution < 1.29 is 4.79 Å². The number of amides is 1. The molecule has 1 saturated heterocycles. The fourth-order valence-corrected chi connectivity index (χ4v) is 3.88. The molecule has 1 N–H and O–H groups in total. The number of anilines is 1. The molecule has 0 spiro atoms. The van der Waals surface area contributed by atoms with E-state index in [1.54, 1.807) is 0 Å². The molecule has 3 rings (SSSR count). The number of rotatable bonds is 8. The summed E-state index contributed by atoms with van der Waals surface area (Å²) in [6, 6.07) is 18.6. The molecule has 2 aromatic rings. The van der Waals surface area contributed by atoms with Crippen LogP contribution in [0.3, 0.4) is 0 Å². The highest BCUT2D eigenvalue weighted by atomic mass is 16.2. The van der Waals surface area contributed by atoms with E-state index in [-0.39, 0.29) is 5.91 Å². The largest absolute Gasteiger partial charge is 0.367 e. The number of benzene rings is 2. The summed E-state index contributed by atoms with van der Waals surface area (Å²) in [6.07, 6.45) is 2.19. The zero-order valence-corrected chi connectivity index (χ0v) is 17.2. The third-order valence-electron chi connectivity index (χ3n) is 5.66. The van der Waals surface area contributed by atoms with E-state index in [2.05, 4.69) is 60.5 Å². The van der Waals surface area contributed by atoms with E-state index in [0.29, 0.717) is 5.92 Å². The molecule has 4 heteroatoms. The molecule has 0 radical (unpaired) electrons. The van der Waals surface area contributed by atoms with Gasteiger partial charge in [0.2, 0.25) is 0 Å². The van der Waals surface area contributed by atoms with Crippen LogP contribution in [0.2, 0.25) is 0 Å². The van der Waals surface area contributed by atoms with E-state index in [9.17, 15) is 4.79 Å². The molecule has 2 aromatic carbocycles. The van der Waals surface area contributed by atoms with Crippen LogP contribution in [0.1, 0.15) is 42.6 Å². The Hall–Kier alpha value is -2.33. The molecule has 1 fully saturated rings. The lowest BCUT2D eigenvalue weighted by atomic mass is 9.96. The molecule has 1 heterocycles. The van der Waals surface area contributed by atoms with E-state index in [0.717, 1.165) is 63.4 Å². The molecule has 0 unspecified atom stereocenters. The summed E-state index contributed by atoms with van der Waals surface area (Å²) in [6.45, 7) is 9.94. The van der Waals surface area contributed by atoms with Gasteiger partial charge in [0.05, 0.1) is 0 Å². The predicted octanol–water partition coefficient (Wildman–Crippen LogP) is 4.17. The number of carbonyl (C=O) groups excluding carboxylic acids is 1. The standard InChI is InChI=1S/C24H33N3O/c1-3-25-18-20-14-16-27(17-15-20)24(28)22-10-12-23(13-11-22)26(4-2)19-21-8-6-5-7-9-21/h5-13,20,25H,3-4,14-19H2,1-2H3. The van der Waals surface area contributed by atoms with Gasteiger partial charge in [-0.05, 0) is 68.6 Å². The maximum Gasteiger partial charge on any atom is 0.253 e. The summed E-state index contributed by atoms with van der Waals surface area (Å²) >= 11 is 0. The predicted molar refractivity (Wildman–Crippen MR) is 117 cm³/mol. The maximum absolute atomic E-state index is 12.9. The number of nitrogens with zero attached hydrogens (tertiary/aromatic N) is 2. The van der Waals surface area contributed by atoms with Gasteiger partial charge in [0.1, 0.15) is 0 Å². The summed E-state index contributed by atoms with van der Waals surface area (Å²) in [5.41, 5.74) is 3.25. The highest BCUT2D eigenvalue weighted by molar-refractivity contribution is 5.94. The maximum atomic E-state index is 12.9. The summed E-state index contributed by atoms with van der Waals surface area (Å²) in [5.74, 6) is 0.863. The van der Waals surface area contributed by atoms with E-state index >= 15 is 0 Å². The van der Waals surface area contributed by atoms with Gasteiger partial charge in [0.25, 0.3) is 5.91 Å². The Morgan fingerprint density at radius 2 is 1.71 bits per heavy atom. The Balaban J connectivity index is 1.58. The first-order chi connectivity index (χ1) is 13.7. The van der Waals surface area contributed by atoms with Crippen LogP contribution >= 0.6 is 0 Å². The molecule has 0 aromatic heterocycles. The molecule has 1 aliphatic heterocycles. The number of carbonyl (C=O) groups is 1. The first-order valence-electron chi connectivity index (χ1n) is 10.6. The molecule has 4 nitrogen and oxygen atoms in total. The van der Waals surface area contributed by atoms with Crippen molar-refractivity contribution in [2.24, 2.45) is 5.92 Å². The van der Waals surface area contributed by atoms with Crippen molar-refractivity contribution in [3.63, 3.8) is 0 Å². The normalized spacial score (nSPS) is 14.9. The lowest BCUT2D eigenvalue weighted by Gasteiger charge is -2.32. The van der Waals surface area contributed by atoms with Crippen molar-refractivity contribution in [3.05, 3.63) is 65.7 Å². The van der Waals surface area contributed by atoms with Gasteiger partial charge in [-0.15, -0.1) is 0 Å². The number of piperidine rings is 1. The quantitative estimate of drug-likeness (QED) is 0.747. The Kier molecular flexibility index (Phi) is 7.49. The number of likely N-dealkylation sites (tertiary alicyclic amines) is 1. The second-order valence-corrected chi connectivity index (χ2v) is 7.59. The lowest BCUT2D eigenvalue weighted by Crippen LogP contribution is -2.40. The minimum Gasteiger partial charge on any atom is -0.367 e. The topological polar surface area (TPSA) is 35.6 Å². The second-order valence-electron chi connectivity index (χ2n) is 7.59. The average molecular weight is 380 g/mol. The monoisotopic (exact) mass is 379 g/mol. The molecule has 0 aliphatic carbocycles. The first kappa shape index (κ1) is 20.4. The molecular weight excluding hydrogens is 346 g/mol. The van der Waals surface area contributed by atoms with Gasteiger partial charge >= 0.3 is 0 Å². The molecule has 0 saturated carbocycles. The zero-order valence-electron chi connectivity index (χ0n) is 17.2. The van der Waals surface area contributed by atoms with Crippen LogP contribution in [0, 0.1) is 5.92 Å². The van der Waals surface area contributed by atoms with Crippen LogP contribution in [0.25, 0.3) is 0 Å². The fraction of sp³-hybridized carbons (Fsp3) is 0.458. The number of hydrogen-bond acceptors (Lipinski definition) is 3. The van der Waals surface area contributed by atoms with Crippen LogP contribution in [-0.4, -0.2) is 43.5 Å². The summed E-state index contributed by atoms with van der Waals surface area (Å²) < 4.78 is 0. The molecule has 0 bridgehead atoms. The van der Waals surface area contributed by atoms with Gasteiger partial charge in [-0.25, -0.2) is 0 Å². The number of nitrogens with one attached hydrogen (secondary N) is 1. The number of hydrogen-bond donors (Lipinski definition) is 1. The van der Waals surface area contributed by atoms with Gasteiger partial charge in [0.15, 0.2) is 0 Å². The van der Waals surface area contributed by atoms with Crippen LogP contribution in [0.4, 0.5) is 5.69 Å². The smallest absolute Gasteiger partial charge is 0.253 e. The zero-order chi connectivity index (χ0) is 19.8. The molecule has 150 valence electrons. The average Bonchev–Trinajstić information content (AvgIpc) is 2.77. The van der Waals surface area contributed by atoms with E-state index in [1.807, 2.05) is 23.1 Å². The van der Waals surface area contributed by atoms with E-state index < -0.39 is 0 Å². The third-order valence-corrected chi connectivity index (χ3v) is 5.66. The summed E-state index contributed by atoms with van der Waals surface area (Å²) in [4.78, 5) is 17.2. The molecule has 1 amide bonds. The van der Waals surface area contributed by atoms with Crippen molar-refractivity contribution in [2.45, 2.75) is 33.2 Å². The molecule has 1 aliphatic rings. The van der Waals surface area contributed by atoms with Gasteiger partial charge in [-0.2, -0.15) is 0 Å². The first-order valence-corrected chi connectivity index (χ1v) is 10.6. The second kappa shape index (κ2) is 10.3. The highest BCUT2D eigenvalue weighted by Gasteiger charge is 2.23. The van der Waals surface area contributed by atoms with E-state index in [1.165, 1.54) is 5.56 Å². The van der Waals surface area contributed by atoms with Crippen molar-refractivity contribution in [3.8, 4) is 0 Å². The van der Waals surface area contributed by atoms with Crippen LogP contribution in [0.15, 0.2) is 54.6 Å². The van der Waals surface area contributed by atoms with Gasteiger partial charge < -0.3 is 15.1 Å². The Labute approximate surface area is 169 Å². The van der Waals surface area contributed by atoms with Crippen LogP contribution in [0.5, 0.6) is 0 Å². The molecule has 0 atom stereocenters. The van der Waals surface area contributed by atoms with Crippen LogP contribution in [-0.2, 0) is 6.54 Å². The molecular formula is C24H33N3O. The van der Waals surface area contributed by atoms with Crippen molar-refractivity contribution in [1.29, 1.82) is 0 Å². The van der Waals surface area contributed by atoms with Crippen molar-refractivity contribution in [2.75, 3.05) is 37.6 Å². The van der Waals surface area contributed by atoms with E-state index in [4.69, 9.17) is 0 Å². The van der Waals surface area contributed by atoms with Crippen molar-refractivity contribution in [1.82, 2.24) is 10.2 Å². The summed E-state index contributed by atoms with van der Waals surface area (Å²) in [5, 5.41) is 3.43. The van der Waals surface area contributed by atoms with Crippen LogP contribution < -0.4 is 10.2 Å². The van der Waals surface area contributed by atoms with Crippen molar-refractivity contribution >= 4 is 11.6 Å². The minimum absolute atomic E-state index is 0.166. The Bertz CT molecular complexity index is 721. The minimum atomic E-state index is 0.166. The summed E-state index contributed by atoms with van der Waals surface area (Å²) in [7, 11) is 0. The van der Waals surface area contributed by atoms with Gasteiger partial charge in [-0.3, -0.25) is 4.79 Å². The SMILES string of the molecule is CCNCC1CCN(C(=O)c2ccc(N(CC)Cc3ccccc3)cc2)CC1. The highest BCUT2D eigenvalue weighted by Crippen LogP contribution is 2.21. The Morgan fingerprint density at radius 3 is 2.32 bits per heavy atom. The van der Waals surface area contributed by atoms with Gasteiger partial charge in [0, 0.05) is 37.4 Å². The molecule has 28 heavy (non-hydrogen) atoms.